The maximum Gasteiger partial charge on any atom is 0.000743 e. The van der Waals surface area contributed by atoms with Crippen LogP contribution in [0, 0.1) is 0 Å². The topological polar surface area (TPSA) is 78.1 Å². The van der Waals surface area contributed by atoms with Gasteiger partial charge in [-0.05, 0) is 25.7 Å². The fraction of sp³-hybridized carbons (Fsp3) is 0.571. The van der Waals surface area contributed by atoms with E-state index in [-0.39, 0.29) is 0 Å². The van der Waals surface area contributed by atoms with Crippen molar-refractivity contribution in [3.05, 3.63) is 36.8 Å². The Balaban J connectivity index is -0.000000177. The zero-order valence-electron chi connectivity index (χ0n) is 11.9. The molecule has 0 aromatic heterocycles. The molecular formula is C14H31N3. The predicted octanol–water partition coefficient (Wildman–Crippen LogP) is 3.39. The zero-order valence-corrected chi connectivity index (χ0v) is 11.9. The SMILES string of the molecule is C=C(N)CC.C=C(N)CC.C=C(N)CCCC. The highest BCUT2D eigenvalue weighted by atomic mass is 14.6. The van der Waals surface area contributed by atoms with Gasteiger partial charge in [-0.15, -0.1) is 0 Å². The summed E-state index contributed by atoms with van der Waals surface area (Å²) in [4.78, 5) is 0. The minimum Gasteiger partial charge on any atom is -0.403 e. The van der Waals surface area contributed by atoms with Crippen molar-refractivity contribution in [2.45, 2.75) is 52.9 Å². The molecule has 0 aromatic carbocycles. The standard InChI is InChI=1S/C6H13N.2C4H9N/c1-3-4-5-6(2)7;2*1-3-4(2)5/h2-5,7H2,1H3;2*2-3,5H2,1H3. The van der Waals surface area contributed by atoms with E-state index in [2.05, 4.69) is 26.7 Å². The molecule has 0 bridgehead atoms. The maximum absolute atomic E-state index is 5.28. The first kappa shape index (κ1) is 21.0. The summed E-state index contributed by atoms with van der Waals surface area (Å²) in [7, 11) is 0. The summed E-state index contributed by atoms with van der Waals surface area (Å²) in [6.07, 6.45) is 5.14. The van der Waals surface area contributed by atoms with E-state index in [1.165, 1.54) is 12.8 Å². The quantitative estimate of drug-likeness (QED) is 0.690. The first-order chi connectivity index (χ1) is 7.81. The van der Waals surface area contributed by atoms with Gasteiger partial charge in [-0.1, -0.05) is 46.9 Å². The Morgan fingerprint density at radius 3 is 1.12 bits per heavy atom. The van der Waals surface area contributed by atoms with Crippen LogP contribution in [0.3, 0.4) is 0 Å². The van der Waals surface area contributed by atoms with Crippen LogP contribution in [-0.2, 0) is 0 Å². The summed E-state index contributed by atoms with van der Waals surface area (Å²) < 4.78 is 0. The largest absolute Gasteiger partial charge is 0.403 e. The molecule has 0 spiro atoms. The van der Waals surface area contributed by atoms with Crippen molar-refractivity contribution in [1.29, 1.82) is 0 Å². The Kier molecular flexibility index (Phi) is 21.0. The van der Waals surface area contributed by atoms with Gasteiger partial charge < -0.3 is 17.2 Å². The lowest BCUT2D eigenvalue weighted by Crippen LogP contribution is -1.92. The summed E-state index contributed by atoms with van der Waals surface area (Å²) in [5, 5.41) is 0. The van der Waals surface area contributed by atoms with Gasteiger partial charge in [-0.2, -0.15) is 0 Å². The minimum atomic E-state index is 0.755. The molecule has 0 rings (SSSR count). The van der Waals surface area contributed by atoms with Crippen molar-refractivity contribution in [2.24, 2.45) is 17.2 Å². The molecule has 0 aliphatic heterocycles. The lowest BCUT2D eigenvalue weighted by molar-refractivity contribution is 0.783. The van der Waals surface area contributed by atoms with Crippen LogP contribution >= 0.6 is 0 Å². The second kappa shape index (κ2) is 17.0. The summed E-state index contributed by atoms with van der Waals surface area (Å²) in [5.41, 5.74) is 17.8. The average Bonchev–Trinajstić information content (AvgIpc) is 2.27. The first-order valence-electron chi connectivity index (χ1n) is 6.11. The zero-order chi connectivity index (χ0) is 14.3. The smallest absolute Gasteiger partial charge is 0.000743 e. The van der Waals surface area contributed by atoms with Crippen molar-refractivity contribution in [3.8, 4) is 0 Å². The Labute approximate surface area is 107 Å². The van der Waals surface area contributed by atoms with Crippen molar-refractivity contribution < 1.29 is 0 Å². The highest BCUT2D eigenvalue weighted by Crippen LogP contribution is 1.96. The normalized spacial score (nSPS) is 7.94. The molecule has 17 heavy (non-hydrogen) atoms. The van der Waals surface area contributed by atoms with Gasteiger partial charge in [0.2, 0.25) is 0 Å². The molecule has 0 radical (unpaired) electrons. The maximum atomic E-state index is 5.28. The van der Waals surface area contributed by atoms with Crippen LogP contribution in [0.15, 0.2) is 36.8 Å². The number of unbranched alkanes of at least 4 members (excludes halogenated alkanes) is 1. The molecule has 0 unspecified atom stereocenters. The van der Waals surface area contributed by atoms with Crippen LogP contribution < -0.4 is 17.2 Å². The van der Waals surface area contributed by atoms with Gasteiger partial charge in [0.25, 0.3) is 0 Å². The third-order valence-corrected chi connectivity index (χ3v) is 1.76. The predicted molar refractivity (Wildman–Crippen MR) is 80.1 cm³/mol. The van der Waals surface area contributed by atoms with Gasteiger partial charge >= 0.3 is 0 Å². The Morgan fingerprint density at radius 1 is 0.765 bits per heavy atom. The van der Waals surface area contributed by atoms with Crippen LogP contribution in [0.1, 0.15) is 52.9 Å². The summed E-state index contributed by atoms with van der Waals surface area (Å²) >= 11 is 0. The Morgan fingerprint density at radius 2 is 1.06 bits per heavy atom. The van der Waals surface area contributed by atoms with Crippen LogP contribution in [-0.4, -0.2) is 0 Å². The molecule has 0 saturated heterocycles. The van der Waals surface area contributed by atoms with E-state index in [0.717, 1.165) is 36.4 Å². The van der Waals surface area contributed by atoms with Gasteiger partial charge in [0.15, 0.2) is 0 Å². The summed E-state index contributed by atoms with van der Waals surface area (Å²) in [5.74, 6) is 0. The summed E-state index contributed by atoms with van der Waals surface area (Å²) in [6.45, 7) is 16.6. The molecule has 0 amide bonds. The van der Waals surface area contributed by atoms with Crippen LogP contribution in [0.4, 0.5) is 0 Å². The van der Waals surface area contributed by atoms with Gasteiger partial charge in [0.05, 0.1) is 0 Å². The van der Waals surface area contributed by atoms with Crippen LogP contribution in [0.2, 0.25) is 0 Å². The highest BCUT2D eigenvalue weighted by Gasteiger charge is 1.81. The number of nitrogens with two attached hydrogens (primary N) is 3. The number of allylic oxidation sites excluding steroid dienone is 3. The lowest BCUT2D eigenvalue weighted by atomic mass is 10.2. The van der Waals surface area contributed by atoms with E-state index in [4.69, 9.17) is 17.2 Å². The Hall–Kier alpha value is -1.38. The number of rotatable bonds is 5. The third kappa shape index (κ3) is 53.1. The van der Waals surface area contributed by atoms with Gasteiger partial charge in [0, 0.05) is 17.1 Å². The molecular weight excluding hydrogens is 210 g/mol. The van der Waals surface area contributed by atoms with Crippen molar-refractivity contribution in [1.82, 2.24) is 0 Å². The highest BCUT2D eigenvalue weighted by molar-refractivity contribution is 4.84. The Bertz CT molecular complexity index is 194. The monoisotopic (exact) mass is 241 g/mol. The molecule has 0 heterocycles. The molecule has 102 valence electrons. The summed E-state index contributed by atoms with van der Waals surface area (Å²) in [6, 6.07) is 0. The van der Waals surface area contributed by atoms with Gasteiger partial charge in [-0.25, -0.2) is 0 Å². The second-order valence-electron chi connectivity index (χ2n) is 3.79. The van der Waals surface area contributed by atoms with E-state index in [1.54, 1.807) is 0 Å². The van der Waals surface area contributed by atoms with Crippen molar-refractivity contribution >= 4 is 0 Å². The fourth-order valence-electron chi connectivity index (χ4n) is 0.404. The molecule has 0 aromatic rings. The molecule has 0 saturated carbocycles. The van der Waals surface area contributed by atoms with E-state index in [9.17, 15) is 0 Å². The minimum absolute atomic E-state index is 0.755. The molecule has 3 nitrogen and oxygen atoms in total. The lowest BCUT2D eigenvalue weighted by Gasteiger charge is -1.92. The van der Waals surface area contributed by atoms with Gasteiger partial charge in [-0.3, -0.25) is 0 Å². The van der Waals surface area contributed by atoms with Crippen molar-refractivity contribution in [2.75, 3.05) is 0 Å². The number of hydrogen-bond donors (Lipinski definition) is 3. The molecule has 0 aliphatic rings. The van der Waals surface area contributed by atoms with Crippen LogP contribution in [0.25, 0.3) is 0 Å². The van der Waals surface area contributed by atoms with Crippen molar-refractivity contribution in [3.63, 3.8) is 0 Å². The first-order valence-corrected chi connectivity index (χ1v) is 6.11. The van der Waals surface area contributed by atoms with Gasteiger partial charge in [0.1, 0.15) is 0 Å². The van der Waals surface area contributed by atoms with E-state index < -0.39 is 0 Å². The van der Waals surface area contributed by atoms with Crippen LogP contribution in [0.5, 0.6) is 0 Å². The van der Waals surface area contributed by atoms with E-state index >= 15 is 0 Å². The molecule has 6 N–H and O–H groups in total. The van der Waals surface area contributed by atoms with E-state index in [0.29, 0.717) is 0 Å². The molecule has 0 aliphatic carbocycles. The second-order valence-corrected chi connectivity index (χ2v) is 3.79. The molecule has 0 atom stereocenters. The third-order valence-electron chi connectivity index (χ3n) is 1.76. The number of hydrogen-bond acceptors (Lipinski definition) is 3. The molecule has 3 heteroatoms. The molecule has 0 fully saturated rings. The van der Waals surface area contributed by atoms with E-state index in [1.807, 2.05) is 13.8 Å². The average molecular weight is 241 g/mol. The fourth-order valence-corrected chi connectivity index (χ4v) is 0.404.